The molecular weight excluding hydrogens is 438 g/mol. The van der Waals surface area contributed by atoms with Crippen molar-refractivity contribution < 1.29 is 9.59 Å². The van der Waals surface area contributed by atoms with Gasteiger partial charge in [-0.05, 0) is 38.5 Å². The van der Waals surface area contributed by atoms with Gasteiger partial charge in [-0.1, -0.05) is 49.0 Å². The molecule has 4 aromatic rings. The van der Waals surface area contributed by atoms with Crippen LogP contribution in [-0.4, -0.2) is 42.7 Å². The van der Waals surface area contributed by atoms with E-state index >= 15 is 0 Å². The Kier molecular flexibility index (Phi) is 6.60. The summed E-state index contributed by atoms with van der Waals surface area (Å²) in [5, 5.41) is 12.4. The topological polar surface area (TPSA) is 98.4 Å². The molecule has 1 amide bonds. The number of nitrogens with zero attached hydrogens (tertiary/aromatic N) is 4. The van der Waals surface area contributed by atoms with E-state index in [1.165, 1.54) is 11.8 Å². The molecule has 0 aliphatic rings. The molecule has 0 atom stereocenters. The first kappa shape index (κ1) is 22.7. The molecule has 1 N–H and O–H groups in total. The number of fused-ring (bicyclic) bond motifs is 3. The summed E-state index contributed by atoms with van der Waals surface area (Å²) in [5.74, 6) is 0.317. The summed E-state index contributed by atoms with van der Waals surface area (Å²) in [6.45, 7) is 6.24. The smallest absolute Gasteiger partial charge is 0.262 e. The van der Waals surface area contributed by atoms with Gasteiger partial charge in [0.05, 0.1) is 16.7 Å². The second-order valence-electron chi connectivity index (χ2n) is 8.01. The number of hydrogen-bond donors (Lipinski definition) is 1. The largest absolute Gasteiger partial charge is 0.350 e. The van der Waals surface area contributed by atoms with Crippen molar-refractivity contribution in [1.82, 2.24) is 24.5 Å². The molecule has 0 unspecified atom stereocenters. The number of rotatable bonds is 8. The molecule has 33 heavy (non-hydrogen) atoms. The van der Waals surface area contributed by atoms with E-state index in [4.69, 9.17) is 0 Å². The minimum atomic E-state index is -0.223. The highest BCUT2D eigenvalue weighted by Gasteiger charge is 2.19. The average Bonchev–Trinajstić information content (AvgIpc) is 3.24. The summed E-state index contributed by atoms with van der Waals surface area (Å²) in [6.07, 6.45) is 0.748. The molecule has 2 heterocycles. The lowest BCUT2D eigenvalue weighted by molar-refractivity contribution is 0.0942. The number of ketones is 1. The van der Waals surface area contributed by atoms with Crippen molar-refractivity contribution in [2.24, 2.45) is 0 Å². The number of nitrogens with one attached hydrogen (secondary N) is 1. The first-order chi connectivity index (χ1) is 15.9. The third kappa shape index (κ3) is 4.54. The number of Topliss-reactive ketones (excluding diaryl/α,β-unsaturated/α-hetero) is 1. The highest BCUT2D eigenvalue weighted by Crippen LogP contribution is 2.23. The van der Waals surface area contributed by atoms with E-state index in [9.17, 15) is 14.4 Å². The van der Waals surface area contributed by atoms with Gasteiger partial charge in [0.1, 0.15) is 0 Å². The number of thioether (sulfide) groups is 1. The molecule has 2 aromatic carbocycles. The zero-order chi connectivity index (χ0) is 23.5. The molecule has 9 heteroatoms. The standard InChI is InChI=1S/C24H25N5O3S/c1-4-12-28-22(32)18-11-10-17(21(31)25-15(2)3)13-19(18)29-23(28)26-27-24(29)33-14-20(30)16-8-6-5-7-9-16/h5-11,13,15H,4,12,14H2,1-3H3,(H,25,31). The van der Waals surface area contributed by atoms with E-state index in [0.29, 0.717) is 39.5 Å². The van der Waals surface area contributed by atoms with Crippen molar-refractivity contribution in [3.8, 4) is 0 Å². The van der Waals surface area contributed by atoms with Crippen LogP contribution in [0.3, 0.4) is 0 Å². The predicted molar refractivity (Wildman–Crippen MR) is 129 cm³/mol. The van der Waals surface area contributed by atoms with Crippen LogP contribution in [0.2, 0.25) is 0 Å². The SMILES string of the molecule is CCCn1c(=O)c2ccc(C(=O)NC(C)C)cc2n2c(SCC(=O)c3ccccc3)nnc12. The molecule has 0 radical (unpaired) electrons. The minimum absolute atomic E-state index is 0.0178. The van der Waals surface area contributed by atoms with Crippen molar-refractivity contribution >= 4 is 40.1 Å². The fraction of sp³-hybridized carbons (Fsp3) is 0.292. The number of hydrogen-bond acceptors (Lipinski definition) is 6. The van der Waals surface area contributed by atoms with E-state index < -0.39 is 0 Å². The number of carbonyl (C=O) groups is 2. The average molecular weight is 464 g/mol. The van der Waals surface area contributed by atoms with E-state index in [1.807, 2.05) is 39.0 Å². The van der Waals surface area contributed by atoms with Gasteiger partial charge in [0.15, 0.2) is 10.9 Å². The van der Waals surface area contributed by atoms with Crippen LogP contribution in [0.25, 0.3) is 16.7 Å². The van der Waals surface area contributed by atoms with Crippen molar-refractivity contribution in [2.45, 2.75) is 44.9 Å². The Balaban J connectivity index is 1.82. The van der Waals surface area contributed by atoms with Crippen LogP contribution in [0, 0.1) is 0 Å². The Bertz CT molecular complexity index is 1390. The summed E-state index contributed by atoms with van der Waals surface area (Å²) >= 11 is 1.26. The van der Waals surface area contributed by atoms with Crippen LogP contribution in [0.15, 0.2) is 58.5 Å². The molecule has 0 spiro atoms. The lowest BCUT2D eigenvalue weighted by Gasteiger charge is -2.12. The molecule has 0 fully saturated rings. The van der Waals surface area contributed by atoms with Gasteiger partial charge >= 0.3 is 0 Å². The van der Waals surface area contributed by atoms with Crippen LogP contribution in [0.5, 0.6) is 0 Å². The Labute approximate surface area is 195 Å². The summed E-state index contributed by atoms with van der Waals surface area (Å²) in [4.78, 5) is 38.4. The van der Waals surface area contributed by atoms with Crippen molar-refractivity contribution in [1.29, 1.82) is 0 Å². The molecule has 0 aliphatic carbocycles. The van der Waals surface area contributed by atoms with Gasteiger partial charge in [-0.15, -0.1) is 10.2 Å². The lowest BCUT2D eigenvalue weighted by Crippen LogP contribution is -2.30. The fourth-order valence-electron chi connectivity index (χ4n) is 3.62. The van der Waals surface area contributed by atoms with Crippen LogP contribution >= 0.6 is 11.8 Å². The zero-order valence-electron chi connectivity index (χ0n) is 18.7. The summed E-state index contributed by atoms with van der Waals surface area (Å²) < 4.78 is 3.35. The van der Waals surface area contributed by atoms with Crippen LogP contribution in [0.1, 0.15) is 47.9 Å². The second kappa shape index (κ2) is 9.58. The molecule has 2 aromatic heterocycles. The maximum absolute atomic E-state index is 13.2. The van der Waals surface area contributed by atoms with Gasteiger partial charge in [0.2, 0.25) is 5.78 Å². The van der Waals surface area contributed by atoms with Crippen LogP contribution in [0.4, 0.5) is 0 Å². The number of aromatic nitrogens is 4. The lowest BCUT2D eigenvalue weighted by atomic mass is 10.1. The van der Waals surface area contributed by atoms with E-state index in [-0.39, 0.29) is 29.0 Å². The van der Waals surface area contributed by atoms with E-state index in [1.54, 1.807) is 39.3 Å². The van der Waals surface area contributed by atoms with Crippen molar-refractivity contribution in [2.75, 3.05) is 5.75 Å². The maximum Gasteiger partial charge on any atom is 0.262 e. The number of benzene rings is 2. The summed E-state index contributed by atoms with van der Waals surface area (Å²) in [7, 11) is 0. The molecule has 4 rings (SSSR count). The Morgan fingerprint density at radius 3 is 2.52 bits per heavy atom. The molecule has 0 saturated carbocycles. The first-order valence-electron chi connectivity index (χ1n) is 10.8. The molecule has 170 valence electrons. The summed E-state index contributed by atoms with van der Waals surface area (Å²) in [5.41, 5.74) is 1.42. The predicted octanol–water partition coefficient (Wildman–Crippen LogP) is 3.57. The van der Waals surface area contributed by atoms with Crippen LogP contribution < -0.4 is 10.9 Å². The number of carbonyl (C=O) groups excluding carboxylic acids is 2. The zero-order valence-corrected chi connectivity index (χ0v) is 19.6. The van der Waals surface area contributed by atoms with Gasteiger partial charge < -0.3 is 5.32 Å². The highest BCUT2D eigenvalue weighted by atomic mass is 32.2. The van der Waals surface area contributed by atoms with Crippen molar-refractivity contribution in [3.05, 3.63) is 70.0 Å². The van der Waals surface area contributed by atoms with Gasteiger partial charge in [-0.3, -0.25) is 23.4 Å². The molecular formula is C24H25N5O3S. The van der Waals surface area contributed by atoms with Crippen LogP contribution in [-0.2, 0) is 6.54 Å². The molecule has 8 nitrogen and oxygen atoms in total. The molecule has 0 bridgehead atoms. The van der Waals surface area contributed by atoms with E-state index in [0.717, 1.165) is 6.42 Å². The quantitative estimate of drug-likeness (QED) is 0.317. The van der Waals surface area contributed by atoms with Crippen molar-refractivity contribution in [3.63, 3.8) is 0 Å². The Morgan fingerprint density at radius 2 is 1.82 bits per heavy atom. The minimum Gasteiger partial charge on any atom is -0.350 e. The monoisotopic (exact) mass is 463 g/mol. The van der Waals surface area contributed by atoms with Gasteiger partial charge in [-0.25, -0.2) is 0 Å². The maximum atomic E-state index is 13.2. The van der Waals surface area contributed by atoms with Gasteiger partial charge in [-0.2, -0.15) is 0 Å². The van der Waals surface area contributed by atoms with Gasteiger partial charge in [0, 0.05) is 23.7 Å². The third-order valence-corrected chi connectivity index (χ3v) is 6.06. The number of amides is 1. The number of aryl methyl sites for hydroxylation is 1. The normalized spacial score (nSPS) is 11.4. The summed E-state index contributed by atoms with van der Waals surface area (Å²) in [6, 6.07) is 14.1. The first-order valence-corrected chi connectivity index (χ1v) is 11.8. The van der Waals surface area contributed by atoms with Gasteiger partial charge in [0.25, 0.3) is 11.5 Å². The highest BCUT2D eigenvalue weighted by molar-refractivity contribution is 7.99. The van der Waals surface area contributed by atoms with E-state index in [2.05, 4.69) is 15.5 Å². The Hall–Kier alpha value is -3.46. The molecule has 0 aliphatic heterocycles. The Morgan fingerprint density at radius 1 is 1.06 bits per heavy atom. The third-order valence-electron chi connectivity index (χ3n) is 5.13. The fourth-order valence-corrected chi connectivity index (χ4v) is 4.46. The molecule has 0 saturated heterocycles. The second-order valence-corrected chi connectivity index (χ2v) is 8.96.